The zero-order valence-electron chi connectivity index (χ0n) is 10.9. The third-order valence-electron chi connectivity index (χ3n) is 2.45. The van der Waals surface area contributed by atoms with Gasteiger partial charge >= 0.3 is 0 Å². The van der Waals surface area contributed by atoms with Crippen molar-refractivity contribution in [2.75, 3.05) is 6.67 Å². The van der Waals surface area contributed by atoms with Crippen molar-refractivity contribution in [2.45, 2.75) is 6.61 Å². The van der Waals surface area contributed by atoms with Crippen LogP contribution < -0.4 is 10.1 Å². The Labute approximate surface area is 130 Å². The number of nitrogens with one attached hydrogen (secondary N) is 1. The summed E-state index contributed by atoms with van der Waals surface area (Å²) in [5, 5.41) is 2.43. The van der Waals surface area contributed by atoms with Gasteiger partial charge in [0.05, 0.1) is 0 Å². The maximum Gasteiger partial charge on any atom is 0.289 e. The molecule has 1 amide bonds. The van der Waals surface area contributed by atoms with Crippen LogP contribution in [0.15, 0.2) is 41.1 Å². The topological polar surface area (TPSA) is 68.5 Å². The van der Waals surface area contributed by atoms with Gasteiger partial charge in [-0.1, -0.05) is 12.1 Å². The smallest absolute Gasteiger partial charge is 0.289 e. The van der Waals surface area contributed by atoms with Crippen molar-refractivity contribution in [3.8, 4) is 5.88 Å². The average molecular weight is 347 g/mol. The summed E-state index contributed by atoms with van der Waals surface area (Å²) in [5.74, 6) is 0.135. The van der Waals surface area contributed by atoms with Gasteiger partial charge in [0.2, 0.25) is 5.88 Å². The highest BCUT2D eigenvalue weighted by Crippen LogP contribution is 2.13. The van der Waals surface area contributed by atoms with E-state index in [0.717, 1.165) is 5.56 Å². The Kier molecular flexibility index (Phi) is 5.23. The Balaban J connectivity index is 1.93. The van der Waals surface area contributed by atoms with Gasteiger partial charge in [0.1, 0.15) is 16.9 Å². The van der Waals surface area contributed by atoms with E-state index < -0.39 is 0 Å². The van der Waals surface area contributed by atoms with E-state index >= 15 is 0 Å². The first-order chi connectivity index (χ1) is 10.2. The third kappa shape index (κ3) is 4.54. The van der Waals surface area contributed by atoms with E-state index in [4.69, 9.17) is 11.3 Å². The van der Waals surface area contributed by atoms with Crippen LogP contribution >= 0.6 is 15.9 Å². The molecule has 21 heavy (non-hydrogen) atoms. The molecule has 0 aliphatic carbocycles. The molecule has 0 radical (unpaired) electrons. The molecule has 106 valence electrons. The molecular weight excluding hydrogens is 336 g/mol. The van der Waals surface area contributed by atoms with Crippen LogP contribution in [0.5, 0.6) is 5.88 Å². The molecule has 0 fully saturated rings. The minimum atomic E-state index is -0.368. The molecule has 0 aromatic carbocycles. The zero-order chi connectivity index (χ0) is 15.1. The fourth-order valence-electron chi connectivity index (χ4n) is 1.47. The van der Waals surface area contributed by atoms with Crippen LogP contribution in [-0.2, 0) is 6.61 Å². The molecule has 0 aliphatic rings. The number of rotatable bonds is 5. The molecule has 6 nitrogen and oxygen atoms in total. The van der Waals surface area contributed by atoms with Gasteiger partial charge in [0, 0.05) is 17.8 Å². The summed E-state index contributed by atoms with van der Waals surface area (Å²) in [6.45, 7) is 6.86. The van der Waals surface area contributed by atoms with Crippen LogP contribution in [0.1, 0.15) is 16.1 Å². The molecule has 0 bridgehead atoms. The van der Waals surface area contributed by atoms with Gasteiger partial charge < -0.3 is 4.74 Å². The normalized spacial score (nSPS) is 9.71. The van der Waals surface area contributed by atoms with E-state index in [2.05, 4.69) is 36.1 Å². The molecule has 2 aromatic rings. The number of aromatic nitrogens is 2. The maximum absolute atomic E-state index is 11.6. The van der Waals surface area contributed by atoms with Gasteiger partial charge in [-0.15, -0.1) is 0 Å². The number of amides is 1. The summed E-state index contributed by atoms with van der Waals surface area (Å²) < 4.78 is 6.22. The molecule has 2 aromatic heterocycles. The lowest BCUT2D eigenvalue weighted by Crippen LogP contribution is -2.23. The van der Waals surface area contributed by atoms with Gasteiger partial charge in [-0.2, -0.15) is 0 Å². The first kappa shape index (κ1) is 14.9. The summed E-state index contributed by atoms with van der Waals surface area (Å²) in [6.07, 6.45) is 1.56. The predicted molar refractivity (Wildman–Crippen MR) is 79.4 cm³/mol. The van der Waals surface area contributed by atoms with Crippen molar-refractivity contribution in [3.63, 3.8) is 0 Å². The molecule has 1 N–H and O–H groups in total. The number of carbonyl (C=O) groups excluding carboxylic acids is 1. The SMILES string of the molecule is [C-]#[N+]CNC(=O)c1ccc(COc2cccc(Br)n2)cn1. The number of hydrogen-bond donors (Lipinski definition) is 1. The molecule has 0 unspecified atom stereocenters. The van der Waals surface area contributed by atoms with Gasteiger partial charge in [0.25, 0.3) is 12.6 Å². The van der Waals surface area contributed by atoms with E-state index in [1.165, 1.54) is 0 Å². The lowest BCUT2D eigenvalue weighted by Gasteiger charge is -2.06. The number of pyridine rings is 2. The third-order valence-corrected chi connectivity index (χ3v) is 2.89. The number of halogens is 1. The minimum Gasteiger partial charge on any atom is -0.473 e. The molecule has 0 aliphatic heterocycles. The van der Waals surface area contributed by atoms with Crippen molar-refractivity contribution in [2.24, 2.45) is 0 Å². The highest BCUT2D eigenvalue weighted by atomic mass is 79.9. The van der Waals surface area contributed by atoms with E-state index in [0.29, 0.717) is 17.1 Å². The largest absolute Gasteiger partial charge is 0.473 e. The summed E-state index contributed by atoms with van der Waals surface area (Å²) in [7, 11) is 0. The predicted octanol–water partition coefficient (Wildman–Crippen LogP) is 2.42. The highest BCUT2D eigenvalue weighted by Gasteiger charge is 2.07. The van der Waals surface area contributed by atoms with Crippen LogP contribution in [0.3, 0.4) is 0 Å². The van der Waals surface area contributed by atoms with E-state index in [1.807, 2.05) is 12.1 Å². The van der Waals surface area contributed by atoms with Crippen molar-refractivity contribution in [1.29, 1.82) is 0 Å². The van der Waals surface area contributed by atoms with Crippen LogP contribution in [-0.4, -0.2) is 22.5 Å². The number of hydrogen-bond acceptors (Lipinski definition) is 4. The Hall–Kier alpha value is -2.46. The molecule has 7 heteroatoms. The molecule has 0 saturated carbocycles. The molecule has 2 heterocycles. The Morgan fingerprint density at radius 3 is 2.90 bits per heavy atom. The lowest BCUT2D eigenvalue weighted by molar-refractivity contribution is 0.0953. The summed E-state index contributed by atoms with van der Waals surface area (Å²) in [5.41, 5.74) is 1.08. The Bertz CT molecular complexity index is 667. The zero-order valence-corrected chi connectivity index (χ0v) is 12.5. The first-order valence-electron chi connectivity index (χ1n) is 6.01. The van der Waals surface area contributed by atoms with Crippen molar-refractivity contribution < 1.29 is 9.53 Å². The van der Waals surface area contributed by atoms with E-state index in [9.17, 15) is 4.79 Å². The summed E-state index contributed by atoms with van der Waals surface area (Å²) in [4.78, 5) is 22.8. The lowest BCUT2D eigenvalue weighted by atomic mass is 10.2. The van der Waals surface area contributed by atoms with Gasteiger partial charge in [-0.05, 0) is 28.1 Å². The van der Waals surface area contributed by atoms with Crippen LogP contribution in [0.2, 0.25) is 0 Å². The fraction of sp³-hybridized carbons (Fsp3) is 0.143. The Morgan fingerprint density at radius 2 is 2.24 bits per heavy atom. The molecule has 0 atom stereocenters. The van der Waals surface area contributed by atoms with Gasteiger partial charge in [-0.25, -0.2) is 11.6 Å². The summed E-state index contributed by atoms with van der Waals surface area (Å²) in [6, 6.07) is 8.73. The van der Waals surface area contributed by atoms with E-state index in [-0.39, 0.29) is 18.3 Å². The molecular formula is C14H11BrN4O2. The molecule has 2 rings (SSSR count). The van der Waals surface area contributed by atoms with Crippen molar-refractivity contribution in [1.82, 2.24) is 15.3 Å². The van der Waals surface area contributed by atoms with Gasteiger partial charge in [-0.3, -0.25) is 19.9 Å². The quantitative estimate of drug-likeness (QED) is 0.666. The number of carbonyl (C=O) groups is 1. The second kappa shape index (κ2) is 7.36. The average Bonchev–Trinajstić information content (AvgIpc) is 2.51. The van der Waals surface area contributed by atoms with Crippen LogP contribution in [0.25, 0.3) is 4.85 Å². The minimum absolute atomic E-state index is 0.0556. The molecule has 0 spiro atoms. The molecule has 0 saturated heterocycles. The highest BCUT2D eigenvalue weighted by molar-refractivity contribution is 9.10. The second-order valence-corrected chi connectivity index (χ2v) is 4.77. The van der Waals surface area contributed by atoms with Crippen LogP contribution in [0.4, 0.5) is 0 Å². The number of ether oxygens (including phenoxy) is 1. The monoisotopic (exact) mass is 346 g/mol. The second-order valence-electron chi connectivity index (χ2n) is 3.96. The van der Waals surface area contributed by atoms with Gasteiger partial charge in [0.15, 0.2) is 0 Å². The van der Waals surface area contributed by atoms with Crippen molar-refractivity contribution in [3.05, 3.63) is 63.8 Å². The van der Waals surface area contributed by atoms with Crippen LogP contribution in [0, 0.1) is 6.57 Å². The van der Waals surface area contributed by atoms with Crippen molar-refractivity contribution >= 4 is 21.8 Å². The first-order valence-corrected chi connectivity index (χ1v) is 6.80. The number of nitrogens with zero attached hydrogens (tertiary/aromatic N) is 3. The standard InChI is InChI=1S/C14H11BrN4O2/c1-16-9-18-14(20)11-6-5-10(7-17-11)8-21-13-4-2-3-12(15)19-13/h2-7H,8-9H2,(H,18,20). The van der Waals surface area contributed by atoms with E-state index in [1.54, 1.807) is 24.4 Å². The summed E-state index contributed by atoms with van der Waals surface area (Å²) >= 11 is 3.27. The Morgan fingerprint density at radius 1 is 1.38 bits per heavy atom. The maximum atomic E-state index is 11.6. The fourth-order valence-corrected chi connectivity index (χ4v) is 1.80.